The molecule has 0 aliphatic rings. The number of hydrogen-bond acceptors (Lipinski definition) is 4. The van der Waals surface area contributed by atoms with E-state index in [1.165, 1.54) is 0 Å². The van der Waals surface area contributed by atoms with Gasteiger partial charge in [-0.3, -0.25) is 9.59 Å². The van der Waals surface area contributed by atoms with Crippen LogP contribution < -0.4 is 10.2 Å². The molecule has 0 aliphatic carbocycles. The molecule has 0 fully saturated rings. The van der Waals surface area contributed by atoms with Crippen molar-refractivity contribution in [3.8, 4) is 17.1 Å². The summed E-state index contributed by atoms with van der Waals surface area (Å²) in [6.07, 6.45) is 0.609. The average Bonchev–Trinajstić information content (AvgIpc) is 2.76. The summed E-state index contributed by atoms with van der Waals surface area (Å²) in [7, 11) is 0. The Kier molecular flexibility index (Phi) is 5.45. The zero-order chi connectivity index (χ0) is 20.2. The third-order valence-electron chi connectivity index (χ3n) is 4.54. The largest absolute Gasteiger partial charge is 0.452 e. The van der Waals surface area contributed by atoms with E-state index in [4.69, 9.17) is 20.8 Å². The van der Waals surface area contributed by atoms with E-state index in [0.717, 1.165) is 5.56 Å². The summed E-state index contributed by atoms with van der Waals surface area (Å²) in [4.78, 5) is 25.5. The lowest BCUT2D eigenvalue weighted by Crippen LogP contribution is -2.16. The van der Waals surface area contributed by atoms with E-state index in [1.54, 1.807) is 48.5 Å². The SMILES string of the molecule is O=C(CCc1ccc(Cl)cc1)Oc1c(-c2ccccc2)oc2ccccc2c1=O. The van der Waals surface area contributed by atoms with Crippen molar-refractivity contribution in [1.82, 2.24) is 0 Å². The zero-order valence-electron chi connectivity index (χ0n) is 15.4. The molecule has 0 amide bonds. The summed E-state index contributed by atoms with van der Waals surface area (Å²) >= 11 is 5.89. The van der Waals surface area contributed by atoms with Gasteiger partial charge in [0.25, 0.3) is 0 Å². The highest BCUT2D eigenvalue weighted by Gasteiger charge is 2.20. The van der Waals surface area contributed by atoms with Gasteiger partial charge in [0.2, 0.25) is 11.2 Å². The van der Waals surface area contributed by atoms with Gasteiger partial charge in [0, 0.05) is 17.0 Å². The van der Waals surface area contributed by atoms with Crippen LogP contribution in [-0.2, 0) is 11.2 Å². The molecule has 0 saturated carbocycles. The molecular weight excluding hydrogens is 388 g/mol. The molecule has 5 heteroatoms. The predicted octanol–water partition coefficient (Wildman–Crippen LogP) is 5.65. The van der Waals surface area contributed by atoms with Gasteiger partial charge in [-0.15, -0.1) is 0 Å². The van der Waals surface area contributed by atoms with E-state index < -0.39 is 5.97 Å². The van der Waals surface area contributed by atoms with Gasteiger partial charge in [-0.2, -0.15) is 0 Å². The first-order valence-electron chi connectivity index (χ1n) is 9.18. The number of carbonyl (C=O) groups excluding carboxylic acids is 1. The zero-order valence-corrected chi connectivity index (χ0v) is 16.2. The molecule has 0 saturated heterocycles. The minimum Gasteiger partial charge on any atom is -0.452 e. The van der Waals surface area contributed by atoms with Crippen LogP contribution in [0.25, 0.3) is 22.3 Å². The summed E-state index contributed by atoms with van der Waals surface area (Å²) in [5.41, 5.74) is 1.69. The molecule has 4 rings (SSSR count). The lowest BCUT2D eigenvalue weighted by atomic mass is 10.1. The second-order valence-electron chi connectivity index (χ2n) is 6.55. The molecule has 1 heterocycles. The lowest BCUT2D eigenvalue weighted by Gasteiger charge is -2.10. The fourth-order valence-electron chi connectivity index (χ4n) is 3.06. The Morgan fingerprint density at radius 2 is 1.59 bits per heavy atom. The summed E-state index contributed by atoms with van der Waals surface area (Å²) in [6.45, 7) is 0. The normalized spacial score (nSPS) is 10.8. The van der Waals surface area contributed by atoms with Gasteiger partial charge in [-0.25, -0.2) is 0 Å². The molecule has 0 radical (unpaired) electrons. The van der Waals surface area contributed by atoms with Crippen molar-refractivity contribution in [3.63, 3.8) is 0 Å². The highest BCUT2D eigenvalue weighted by molar-refractivity contribution is 6.30. The van der Waals surface area contributed by atoms with E-state index >= 15 is 0 Å². The number of para-hydroxylation sites is 1. The van der Waals surface area contributed by atoms with Crippen LogP contribution in [0.4, 0.5) is 0 Å². The molecule has 4 nitrogen and oxygen atoms in total. The minimum atomic E-state index is -0.500. The molecular formula is C24H17ClO4. The lowest BCUT2D eigenvalue weighted by molar-refractivity contribution is -0.134. The minimum absolute atomic E-state index is 0.0870. The molecule has 144 valence electrons. The maximum atomic E-state index is 13.0. The Balaban J connectivity index is 1.66. The molecule has 0 aliphatic heterocycles. The van der Waals surface area contributed by atoms with Crippen molar-refractivity contribution in [2.24, 2.45) is 0 Å². The first-order chi connectivity index (χ1) is 14.1. The first-order valence-corrected chi connectivity index (χ1v) is 9.56. The van der Waals surface area contributed by atoms with Gasteiger partial charge >= 0.3 is 5.97 Å². The molecule has 0 atom stereocenters. The second-order valence-corrected chi connectivity index (χ2v) is 6.99. The highest BCUT2D eigenvalue weighted by Crippen LogP contribution is 2.31. The van der Waals surface area contributed by atoms with E-state index in [2.05, 4.69) is 0 Å². The molecule has 4 aromatic rings. The number of benzene rings is 3. The topological polar surface area (TPSA) is 56.5 Å². The monoisotopic (exact) mass is 404 g/mol. The Morgan fingerprint density at radius 1 is 0.897 bits per heavy atom. The van der Waals surface area contributed by atoms with Gasteiger partial charge in [0.15, 0.2) is 5.76 Å². The fourth-order valence-corrected chi connectivity index (χ4v) is 3.19. The molecule has 29 heavy (non-hydrogen) atoms. The number of rotatable bonds is 5. The Morgan fingerprint density at radius 3 is 2.34 bits per heavy atom. The van der Waals surface area contributed by atoms with Crippen molar-refractivity contribution in [3.05, 3.63) is 99.7 Å². The summed E-state index contributed by atoms with van der Waals surface area (Å²) in [5, 5.41) is 1.00. The quantitative estimate of drug-likeness (QED) is 0.403. The van der Waals surface area contributed by atoms with Crippen LogP contribution in [-0.4, -0.2) is 5.97 Å². The molecule has 1 aromatic heterocycles. The van der Waals surface area contributed by atoms with Crippen molar-refractivity contribution in [2.75, 3.05) is 0 Å². The van der Waals surface area contributed by atoms with Crippen molar-refractivity contribution in [1.29, 1.82) is 0 Å². The average molecular weight is 405 g/mol. The smallest absolute Gasteiger partial charge is 0.311 e. The first kappa shape index (κ1) is 19.0. The third kappa shape index (κ3) is 4.23. The Bertz CT molecular complexity index is 1210. The number of ether oxygens (including phenoxy) is 1. The van der Waals surface area contributed by atoms with Crippen molar-refractivity contribution >= 4 is 28.5 Å². The maximum absolute atomic E-state index is 13.0. The van der Waals surface area contributed by atoms with Crippen LogP contribution in [0.1, 0.15) is 12.0 Å². The summed E-state index contributed by atoms with van der Waals surface area (Å²) in [5.74, 6) is -0.343. The van der Waals surface area contributed by atoms with Gasteiger partial charge in [0.1, 0.15) is 5.58 Å². The number of hydrogen-bond donors (Lipinski definition) is 0. The predicted molar refractivity (Wildman–Crippen MR) is 113 cm³/mol. The number of carbonyl (C=O) groups is 1. The number of halogens is 1. The highest BCUT2D eigenvalue weighted by atomic mass is 35.5. The van der Waals surface area contributed by atoms with Crippen LogP contribution in [0, 0.1) is 0 Å². The van der Waals surface area contributed by atoms with Crippen LogP contribution in [0.2, 0.25) is 5.02 Å². The summed E-state index contributed by atoms with van der Waals surface area (Å²) < 4.78 is 11.5. The summed E-state index contributed by atoms with van der Waals surface area (Å²) in [6, 6.07) is 23.3. The van der Waals surface area contributed by atoms with Gasteiger partial charge in [-0.05, 0) is 36.2 Å². The van der Waals surface area contributed by atoms with Crippen molar-refractivity contribution in [2.45, 2.75) is 12.8 Å². The van der Waals surface area contributed by atoms with E-state index in [1.807, 2.05) is 30.3 Å². The molecule has 0 N–H and O–H groups in total. The Labute approximate surface area is 172 Å². The van der Waals surface area contributed by atoms with Crippen LogP contribution in [0.3, 0.4) is 0 Å². The van der Waals surface area contributed by atoms with Gasteiger partial charge in [-0.1, -0.05) is 66.2 Å². The molecule has 3 aromatic carbocycles. The third-order valence-corrected chi connectivity index (χ3v) is 4.79. The van der Waals surface area contributed by atoms with Crippen LogP contribution >= 0.6 is 11.6 Å². The number of fused-ring (bicyclic) bond motifs is 1. The fraction of sp³-hybridized carbons (Fsp3) is 0.0833. The van der Waals surface area contributed by atoms with E-state index in [9.17, 15) is 9.59 Å². The number of aryl methyl sites for hydroxylation is 1. The molecule has 0 spiro atoms. The standard InChI is InChI=1S/C24H17ClO4/c25-18-13-10-16(11-14-18)12-15-21(26)29-24-22(27)19-8-4-5-9-20(19)28-23(24)17-6-2-1-3-7-17/h1-11,13-14H,12,15H2. The number of esters is 1. The van der Waals surface area contributed by atoms with Gasteiger partial charge in [0.05, 0.1) is 5.39 Å². The van der Waals surface area contributed by atoms with Crippen LogP contribution in [0.5, 0.6) is 5.75 Å². The van der Waals surface area contributed by atoms with E-state index in [-0.39, 0.29) is 23.4 Å². The van der Waals surface area contributed by atoms with E-state index in [0.29, 0.717) is 28.0 Å². The molecule has 0 bridgehead atoms. The second kappa shape index (κ2) is 8.33. The Hall–Kier alpha value is -3.37. The maximum Gasteiger partial charge on any atom is 0.311 e. The van der Waals surface area contributed by atoms with Crippen molar-refractivity contribution < 1.29 is 13.9 Å². The molecule has 0 unspecified atom stereocenters. The van der Waals surface area contributed by atoms with Gasteiger partial charge < -0.3 is 9.15 Å². The van der Waals surface area contributed by atoms with Crippen LogP contribution in [0.15, 0.2) is 88.1 Å².